The number of alkyl carbamates (subject to hydrolysis) is 1. The fourth-order valence-corrected chi connectivity index (χ4v) is 2.11. The molecule has 1 rings (SSSR count). The van der Waals surface area contributed by atoms with E-state index in [1.54, 1.807) is 0 Å². The van der Waals surface area contributed by atoms with Gasteiger partial charge in [0.25, 0.3) is 0 Å². The minimum absolute atomic E-state index is 0.0402. The maximum atomic E-state index is 12.1. The van der Waals surface area contributed by atoms with Gasteiger partial charge in [-0.2, -0.15) is 0 Å². The molecule has 2 unspecified atom stereocenters. The van der Waals surface area contributed by atoms with Crippen molar-refractivity contribution in [3.05, 3.63) is 35.9 Å². The summed E-state index contributed by atoms with van der Waals surface area (Å²) in [5.41, 5.74) is 0.800. The zero-order chi connectivity index (χ0) is 15.1. The Hall–Kier alpha value is -2.04. The third kappa shape index (κ3) is 3.98. The molecule has 2 atom stereocenters. The number of nitrogens with one attached hydrogen (secondary N) is 1. The zero-order valence-corrected chi connectivity index (χ0v) is 12.3. The van der Waals surface area contributed by atoms with Gasteiger partial charge in [0.15, 0.2) is 0 Å². The molecular formula is C15H21NO4. The molecule has 0 radical (unpaired) electrons. The Morgan fingerprint density at radius 1 is 1.05 bits per heavy atom. The number of benzene rings is 1. The molecule has 1 amide bonds. The normalized spacial score (nSPS) is 13.4. The van der Waals surface area contributed by atoms with Crippen molar-refractivity contribution in [2.75, 3.05) is 14.2 Å². The van der Waals surface area contributed by atoms with Crippen LogP contribution >= 0.6 is 0 Å². The molecule has 0 spiro atoms. The second kappa shape index (κ2) is 7.53. The van der Waals surface area contributed by atoms with Crippen LogP contribution in [0.5, 0.6) is 0 Å². The molecule has 0 aliphatic heterocycles. The van der Waals surface area contributed by atoms with Gasteiger partial charge in [-0.25, -0.2) is 4.79 Å². The van der Waals surface area contributed by atoms with Gasteiger partial charge in [-0.3, -0.25) is 4.79 Å². The first-order valence-corrected chi connectivity index (χ1v) is 6.48. The number of amides is 1. The molecule has 20 heavy (non-hydrogen) atoms. The molecule has 0 heterocycles. The van der Waals surface area contributed by atoms with E-state index in [4.69, 9.17) is 4.74 Å². The summed E-state index contributed by atoms with van der Waals surface area (Å²) in [6.07, 6.45) is -0.562. The molecule has 0 fully saturated rings. The van der Waals surface area contributed by atoms with E-state index in [0.717, 1.165) is 5.56 Å². The Bertz CT molecular complexity index is 444. The van der Waals surface area contributed by atoms with Crippen LogP contribution in [0.2, 0.25) is 0 Å². The van der Waals surface area contributed by atoms with Crippen molar-refractivity contribution < 1.29 is 19.1 Å². The molecule has 5 nitrogen and oxygen atoms in total. The molecule has 110 valence electrons. The Kier molecular flexibility index (Phi) is 6.03. The van der Waals surface area contributed by atoms with Crippen LogP contribution in [0.4, 0.5) is 4.79 Å². The first kappa shape index (κ1) is 16.0. The molecule has 0 saturated heterocycles. The third-order valence-electron chi connectivity index (χ3n) is 3.16. The number of esters is 1. The number of ether oxygens (including phenoxy) is 2. The Labute approximate surface area is 119 Å². The van der Waals surface area contributed by atoms with Crippen molar-refractivity contribution in [2.45, 2.75) is 25.8 Å². The fraction of sp³-hybridized carbons (Fsp3) is 0.467. The van der Waals surface area contributed by atoms with E-state index in [1.807, 2.05) is 44.2 Å². The minimum atomic E-state index is -0.569. The van der Waals surface area contributed by atoms with Crippen LogP contribution in [-0.4, -0.2) is 32.3 Å². The first-order chi connectivity index (χ1) is 9.51. The lowest BCUT2D eigenvalue weighted by molar-refractivity contribution is -0.143. The molecule has 5 heteroatoms. The van der Waals surface area contributed by atoms with E-state index < -0.39 is 18.1 Å². The second-order valence-corrected chi connectivity index (χ2v) is 4.82. The summed E-state index contributed by atoms with van der Waals surface area (Å²) in [6.45, 7) is 3.86. The van der Waals surface area contributed by atoms with Gasteiger partial charge in [-0.05, 0) is 11.5 Å². The fourth-order valence-electron chi connectivity index (χ4n) is 2.11. The highest BCUT2D eigenvalue weighted by molar-refractivity contribution is 5.80. The van der Waals surface area contributed by atoms with Crippen LogP contribution in [0.25, 0.3) is 0 Å². The minimum Gasteiger partial charge on any atom is -0.468 e. The Morgan fingerprint density at radius 3 is 2.10 bits per heavy atom. The van der Waals surface area contributed by atoms with Gasteiger partial charge in [0.05, 0.1) is 20.3 Å². The number of carbonyl (C=O) groups excluding carboxylic acids is 2. The average Bonchev–Trinajstić information content (AvgIpc) is 2.46. The highest BCUT2D eigenvalue weighted by Gasteiger charge is 2.34. The van der Waals surface area contributed by atoms with Gasteiger partial charge >= 0.3 is 12.1 Å². The Morgan fingerprint density at radius 2 is 1.65 bits per heavy atom. The molecule has 1 N–H and O–H groups in total. The summed E-state index contributed by atoms with van der Waals surface area (Å²) in [6, 6.07) is 8.85. The van der Waals surface area contributed by atoms with E-state index in [0.29, 0.717) is 0 Å². The van der Waals surface area contributed by atoms with E-state index in [2.05, 4.69) is 10.1 Å². The van der Waals surface area contributed by atoms with Crippen molar-refractivity contribution in [3.8, 4) is 0 Å². The van der Waals surface area contributed by atoms with Gasteiger partial charge in [0, 0.05) is 0 Å². The lowest BCUT2D eigenvalue weighted by Gasteiger charge is -2.29. The molecule has 0 aliphatic carbocycles. The van der Waals surface area contributed by atoms with Gasteiger partial charge in [-0.1, -0.05) is 44.2 Å². The average molecular weight is 279 g/mol. The van der Waals surface area contributed by atoms with E-state index in [-0.39, 0.29) is 11.9 Å². The Balaban J connectivity index is 3.12. The lowest BCUT2D eigenvalue weighted by atomic mass is 9.85. The van der Waals surface area contributed by atoms with E-state index in [1.165, 1.54) is 14.2 Å². The van der Waals surface area contributed by atoms with Crippen molar-refractivity contribution in [1.29, 1.82) is 0 Å². The maximum absolute atomic E-state index is 12.1. The number of carbonyl (C=O) groups is 2. The standard InChI is InChI=1S/C15H21NO4/c1-10(2)13(16-15(18)20-4)12(14(17)19-3)11-8-6-5-7-9-11/h5-10,12-13H,1-4H3,(H,16,18). The van der Waals surface area contributed by atoms with Crippen LogP contribution < -0.4 is 5.32 Å². The van der Waals surface area contributed by atoms with E-state index >= 15 is 0 Å². The molecule has 0 aliphatic rings. The van der Waals surface area contributed by atoms with Crippen molar-refractivity contribution in [3.63, 3.8) is 0 Å². The summed E-state index contributed by atoms with van der Waals surface area (Å²) >= 11 is 0. The van der Waals surface area contributed by atoms with Gasteiger partial charge in [-0.15, -0.1) is 0 Å². The highest BCUT2D eigenvalue weighted by atomic mass is 16.5. The van der Waals surface area contributed by atoms with Crippen LogP contribution in [0, 0.1) is 5.92 Å². The summed E-state index contributed by atoms with van der Waals surface area (Å²) in [5.74, 6) is -0.912. The summed E-state index contributed by atoms with van der Waals surface area (Å²) in [5, 5.41) is 2.72. The van der Waals surface area contributed by atoms with Crippen LogP contribution in [0.3, 0.4) is 0 Å². The topological polar surface area (TPSA) is 64.6 Å². The van der Waals surface area contributed by atoms with Gasteiger partial charge in [0.2, 0.25) is 0 Å². The molecule has 1 aromatic carbocycles. The number of hydrogen-bond acceptors (Lipinski definition) is 4. The van der Waals surface area contributed by atoms with E-state index in [9.17, 15) is 9.59 Å². The number of rotatable bonds is 5. The van der Waals surface area contributed by atoms with Crippen LogP contribution in [0.15, 0.2) is 30.3 Å². The lowest BCUT2D eigenvalue weighted by Crippen LogP contribution is -2.45. The first-order valence-electron chi connectivity index (χ1n) is 6.48. The number of hydrogen-bond donors (Lipinski definition) is 1. The SMILES string of the molecule is COC(=O)NC(C(C)C)C(C(=O)OC)c1ccccc1. The quantitative estimate of drug-likeness (QED) is 0.840. The van der Waals surface area contributed by atoms with Crippen LogP contribution in [-0.2, 0) is 14.3 Å². The second-order valence-electron chi connectivity index (χ2n) is 4.82. The molecule has 0 saturated carbocycles. The van der Waals surface area contributed by atoms with Crippen LogP contribution in [0.1, 0.15) is 25.3 Å². The molecule has 0 bridgehead atoms. The van der Waals surface area contributed by atoms with Gasteiger partial charge < -0.3 is 14.8 Å². The number of methoxy groups -OCH3 is 2. The van der Waals surface area contributed by atoms with Crippen molar-refractivity contribution in [1.82, 2.24) is 5.32 Å². The largest absolute Gasteiger partial charge is 0.468 e. The monoisotopic (exact) mass is 279 g/mol. The molecular weight excluding hydrogens is 258 g/mol. The molecule has 0 aromatic heterocycles. The van der Waals surface area contributed by atoms with Crippen molar-refractivity contribution >= 4 is 12.1 Å². The highest BCUT2D eigenvalue weighted by Crippen LogP contribution is 2.26. The van der Waals surface area contributed by atoms with Gasteiger partial charge in [0.1, 0.15) is 5.92 Å². The molecule has 1 aromatic rings. The maximum Gasteiger partial charge on any atom is 0.407 e. The van der Waals surface area contributed by atoms with Crippen molar-refractivity contribution in [2.24, 2.45) is 5.92 Å². The summed E-state index contributed by atoms with van der Waals surface area (Å²) in [7, 11) is 2.64. The third-order valence-corrected chi connectivity index (χ3v) is 3.16. The zero-order valence-electron chi connectivity index (χ0n) is 12.3. The summed E-state index contributed by atoms with van der Waals surface area (Å²) < 4.78 is 9.51. The smallest absolute Gasteiger partial charge is 0.407 e. The predicted molar refractivity (Wildman–Crippen MR) is 75.4 cm³/mol. The predicted octanol–water partition coefficient (Wildman–Crippen LogP) is 2.32. The summed E-state index contributed by atoms with van der Waals surface area (Å²) in [4.78, 5) is 23.6.